The fourth-order valence-electron chi connectivity index (χ4n) is 2.55. The fourth-order valence-corrected chi connectivity index (χ4v) is 2.55. The van der Waals surface area contributed by atoms with E-state index in [-0.39, 0.29) is 31.0 Å². The van der Waals surface area contributed by atoms with Crippen LogP contribution in [0.2, 0.25) is 0 Å². The first-order chi connectivity index (χ1) is 12.7. The van der Waals surface area contributed by atoms with Crippen LogP contribution in [0, 0.1) is 5.82 Å². The van der Waals surface area contributed by atoms with E-state index in [1.54, 1.807) is 12.1 Å². The number of anilines is 1. The van der Waals surface area contributed by atoms with Gasteiger partial charge in [0.25, 0.3) is 0 Å². The van der Waals surface area contributed by atoms with Crippen LogP contribution in [0.3, 0.4) is 0 Å². The van der Waals surface area contributed by atoms with Crippen LogP contribution in [-0.4, -0.2) is 22.9 Å². The Morgan fingerprint density at radius 1 is 1.04 bits per heavy atom. The first-order valence-corrected chi connectivity index (χ1v) is 7.91. The van der Waals surface area contributed by atoms with Crippen molar-refractivity contribution in [3.63, 3.8) is 0 Å². The highest BCUT2D eigenvalue weighted by molar-refractivity contribution is 5.90. The number of nitrogens with zero attached hydrogens (tertiary/aromatic N) is 2. The number of halogens is 1. The van der Waals surface area contributed by atoms with E-state index in [0.717, 1.165) is 5.56 Å². The van der Waals surface area contributed by atoms with Crippen LogP contribution in [0.4, 0.5) is 10.4 Å². The van der Waals surface area contributed by atoms with Crippen molar-refractivity contribution in [2.45, 2.75) is 12.8 Å². The van der Waals surface area contributed by atoms with Crippen molar-refractivity contribution in [3.8, 4) is 11.5 Å². The average molecular weight is 355 g/mol. The van der Waals surface area contributed by atoms with Gasteiger partial charge in [0.1, 0.15) is 5.82 Å². The van der Waals surface area contributed by atoms with E-state index in [2.05, 4.69) is 15.5 Å². The van der Waals surface area contributed by atoms with Gasteiger partial charge in [-0.15, -0.1) is 5.10 Å². The molecule has 0 saturated carbocycles. The molecule has 0 spiro atoms. The number of hydrogen-bond donors (Lipinski definition) is 1. The Kier molecular flexibility index (Phi) is 4.22. The summed E-state index contributed by atoms with van der Waals surface area (Å²) < 4.78 is 28.9. The zero-order valence-corrected chi connectivity index (χ0v) is 13.6. The van der Waals surface area contributed by atoms with Gasteiger partial charge in [-0.25, -0.2) is 4.39 Å². The molecule has 1 aliphatic heterocycles. The predicted molar refractivity (Wildman–Crippen MR) is 88.4 cm³/mol. The van der Waals surface area contributed by atoms with E-state index >= 15 is 0 Å². The molecule has 3 aromatic rings. The minimum atomic E-state index is -0.348. The Balaban J connectivity index is 1.37. The lowest BCUT2D eigenvalue weighted by Gasteiger charge is -2.01. The van der Waals surface area contributed by atoms with Crippen molar-refractivity contribution >= 4 is 11.9 Å². The summed E-state index contributed by atoms with van der Waals surface area (Å²) in [6.45, 7) is 0.212. The van der Waals surface area contributed by atoms with Gasteiger partial charge in [-0.1, -0.05) is 23.3 Å². The first-order valence-electron chi connectivity index (χ1n) is 7.91. The molecule has 1 N–H and O–H groups in total. The molecule has 1 aromatic heterocycles. The van der Waals surface area contributed by atoms with Gasteiger partial charge in [0.2, 0.25) is 18.6 Å². The Bertz CT molecular complexity index is 940. The topological polar surface area (TPSA) is 86.5 Å². The molecular weight excluding hydrogens is 341 g/mol. The van der Waals surface area contributed by atoms with Crippen molar-refractivity contribution < 1.29 is 23.1 Å². The van der Waals surface area contributed by atoms with Gasteiger partial charge in [-0.2, -0.15) is 0 Å². The summed E-state index contributed by atoms with van der Waals surface area (Å²) in [6.07, 6.45) is 0.484. The van der Waals surface area contributed by atoms with Crippen molar-refractivity contribution in [1.82, 2.24) is 10.2 Å². The summed E-state index contributed by atoms with van der Waals surface area (Å²) in [4.78, 5) is 12.0. The summed E-state index contributed by atoms with van der Waals surface area (Å²) in [7, 11) is 0. The molecule has 0 fully saturated rings. The van der Waals surface area contributed by atoms with E-state index in [0.29, 0.717) is 29.4 Å². The minimum Gasteiger partial charge on any atom is -0.454 e. The summed E-state index contributed by atoms with van der Waals surface area (Å²) in [5, 5.41) is 10.3. The molecule has 8 heteroatoms. The van der Waals surface area contributed by atoms with Crippen LogP contribution in [0.25, 0.3) is 0 Å². The molecule has 2 heterocycles. The third-order valence-electron chi connectivity index (χ3n) is 3.78. The van der Waals surface area contributed by atoms with Gasteiger partial charge in [-0.05, 0) is 35.4 Å². The highest BCUT2D eigenvalue weighted by Gasteiger charge is 2.15. The summed E-state index contributed by atoms with van der Waals surface area (Å²) in [5.74, 6) is 1.07. The second-order valence-corrected chi connectivity index (χ2v) is 5.72. The maximum atomic E-state index is 12.9. The molecule has 1 aliphatic rings. The van der Waals surface area contributed by atoms with Crippen LogP contribution in [0.1, 0.15) is 17.0 Å². The van der Waals surface area contributed by atoms with Gasteiger partial charge in [0.15, 0.2) is 11.5 Å². The number of aromatic nitrogens is 2. The Hall–Kier alpha value is -3.42. The highest BCUT2D eigenvalue weighted by Crippen LogP contribution is 2.33. The number of rotatable bonds is 5. The zero-order valence-electron chi connectivity index (χ0n) is 13.6. The number of fused-ring (bicyclic) bond motifs is 1. The SMILES string of the molecule is O=C(Cc1ccc(F)cc1)Nc1nnc(Cc2ccc3c(c2)OCO3)o1. The summed E-state index contributed by atoms with van der Waals surface area (Å²) >= 11 is 0. The third kappa shape index (κ3) is 3.64. The molecular formula is C18H14FN3O4. The molecule has 2 aromatic carbocycles. The molecule has 0 saturated heterocycles. The van der Waals surface area contributed by atoms with Gasteiger partial charge in [0.05, 0.1) is 12.8 Å². The van der Waals surface area contributed by atoms with Gasteiger partial charge in [0, 0.05) is 0 Å². The number of nitrogens with one attached hydrogen (secondary N) is 1. The summed E-state index contributed by atoms with van der Waals surface area (Å²) in [6, 6.07) is 11.3. The highest BCUT2D eigenvalue weighted by atomic mass is 19.1. The predicted octanol–water partition coefficient (Wildman–Crippen LogP) is 2.71. The van der Waals surface area contributed by atoms with E-state index in [1.165, 1.54) is 12.1 Å². The monoisotopic (exact) mass is 355 g/mol. The Labute approximate surface area is 147 Å². The summed E-state index contributed by atoms with van der Waals surface area (Å²) in [5.41, 5.74) is 1.60. The van der Waals surface area contributed by atoms with Crippen molar-refractivity contribution in [2.75, 3.05) is 12.1 Å². The molecule has 1 amide bonds. The lowest BCUT2D eigenvalue weighted by Crippen LogP contribution is -2.14. The van der Waals surface area contributed by atoms with Crippen LogP contribution in [0.5, 0.6) is 11.5 Å². The molecule has 4 rings (SSSR count). The number of hydrogen-bond acceptors (Lipinski definition) is 6. The van der Waals surface area contributed by atoms with Crippen LogP contribution in [0.15, 0.2) is 46.9 Å². The second kappa shape index (κ2) is 6.83. The number of carbonyl (C=O) groups is 1. The number of benzene rings is 2. The lowest BCUT2D eigenvalue weighted by atomic mass is 10.1. The zero-order chi connectivity index (χ0) is 17.9. The minimum absolute atomic E-state index is 0.0212. The lowest BCUT2D eigenvalue weighted by molar-refractivity contribution is -0.115. The molecule has 0 atom stereocenters. The van der Waals surface area contributed by atoms with Gasteiger partial charge >= 0.3 is 6.01 Å². The average Bonchev–Trinajstić information content (AvgIpc) is 3.26. The number of amides is 1. The second-order valence-electron chi connectivity index (χ2n) is 5.72. The molecule has 26 heavy (non-hydrogen) atoms. The standard InChI is InChI=1S/C18H14FN3O4/c19-13-4-1-11(2-5-13)8-16(23)20-18-22-21-17(26-18)9-12-3-6-14-15(7-12)25-10-24-14/h1-7H,8-10H2,(H,20,22,23). The first kappa shape index (κ1) is 16.1. The molecule has 0 unspecified atom stereocenters. The maximum absolute atomic E-state index is 12.9. The molecule has 0 radical (unpaired) electrons. The third-order valence-corrected chi connectivity index (χ3v) is 3.78. The van der Waals surface area contributed by atoms with Crippen LogP contribution >= 0.6 is 0 Å². The number of ether oxygens (including phenoxy) is 2. The molecule has 132 valence electrons. The number of carbonyl (C=O) groups excluding carboxylic acids is 1. The Morgan fingerprint density at radius 3 is 2.65 bits per heavy atom. The van der Waals surface area contributed by atoms with Crippen molar-refractivity contribution in [1.29, 1.82) is 0 Å². The van der Waals surface area contributed by atoms with Crippen LogP contribution < -0.4 is 14.8 Å². The van der Waals surface area contributed by atoms with Crippen molar-refractivity contribution in [2.24, 2.45) is 0 Å². The molecule has 0 bridgehead atoms. The van der Waals surface area contributed by atoms with Crippen molar-refractivity contribution in [3.05, 3.63) is 65.3 Å². The maximum Gasteiger partial charge on any atom is 0.322 e. The molecule has 0 aliphatic carbocycles. The van der Waals surface area contributed by atoms with E-state index in [1.807, 2.05) is 18.2 Å². The van der Waals surface area contributed by atoms with E-state index in [9.17, 15) is 9.18 Å². The fraction of sp³-hybridized carbons (Fsp3) is 0.167. The smallest absolute Gasteiger partial charge is 0.322 e. The normalized spacial score (nSPS) is 12.2. The van der Waals surface area contributed by atoms with Gasteiger partial charge in [-0.3, -0.25) is 10.1 Å². The molecule has 7 nitrogen and oxygen atoms in total. The van der Waals surface area contributed by atoms with E-state index in [4.69, 9.17) is 13.9 Å². The van der Waals surface area contributed by atoms with E-state index < -0.39 is 0 Å². The largest absolute Gasteiger partial charge is 0.454 e. The van der Waals surface area contributed by atoms with Gasteiger partial charge < -0.3 is 13.9 Å². The quantitative estimate of drug-likeness (QED) is 0.757. The van der Waals surface area contributed by atoms with Crippen LogP contribution in [-0.2, 0) is 17.6 Å². The Morgan fingerprint density at radius 2 is 1.81 bits per heavy atom.